The molecular weight excluding hydrogens is 368 g/mol. The van der Waals surface area contributed by atoms with Crippen LogP contribution >= 0.6 is 23.1 Å². The summed E-state index contributed by atoms with van der Waals surface area (Å²) >= 11 is 2.71. The van der Waals surface area contributed by atoms with E-state index >= 15 is 0 Å². The standard InChI is InChI=1S/C17H16N6OS2/c1-3-8-19-16-22-23-17(26-16)25-10(2)14(24)11(9-18)15-20-12-6-4-5-7-13(12)21-15/h3-7,10,24H,1,8H2,2H3,(H,19,22)(H,20,21)/b14-11-/t10-/m1/s1. The summed E-state index contributed by atoms with van der Waals surface area (Å²) in [4.78, 5) is 7.45. The van der Waals surface area contributed by atoms with Gasteiger partial charge in [0.05, 0.1) is 16.3 Å². The molecule has 132 valence electrons. The molecule has 0 aliphatic heterocycles. The summed E-state index contributed by atoms with van der Waals surface area (Å²) in [5.74, 6) is 0.302. The number of aromatic nitrogens is 4. The van der Waals surface area contributed by atoms with Crippen molar-refractivity contribution in [3.63, 3.8) is 0 Å². The van der Waals surface area contributed by atoms with E-state index in [1.54, 1.807) is 13.0 Å². The van der Waals surface area contributed by atoms with Crippen LogP contribution in [0.4, 0.5) is 5.13 Å². The number of aromatic amines is 1. The lowest BCUT2D eigenvalue weighted by molar-refractivity contribution is 0.402. The number of aliphatic hydroxyl groups excluding tert-OH is 1. The molecule has 0 bridgehead atoms. The Morgan fingerprint density at radius 1 is 1.50 bits per heavy atom. The van der Waals surface area contributed by atoms with Gasteiger partial charge in [0.15, 0.2) is 10.2 Å². The minimum absolute atomic E-state index is 0.0487. The van der Waals surface area contributed by atoms with Crippen LogP contribution in [0.1, 0.15) is 12.7 Å². The molecule has 9 heteroatoms. The number of benzene rings is 1. The summed E-state index contributed by atoms with van der Waals surface area (Å²) in [6, 6.07) is 9.51. The molecule has 3 N–H and O–H groups in total. The van der Waals surface area contributed by atoms with Gasteiger partial charge in [0.25, 0.3) is 0 Å². The van der Waals surface area contributed by atoms with Crippen molar-refractivity contribution in [3.8, 4) is 6.07 Å². The van der Waals surface area contributed by atoms with E-state index in [1.807, 2.05) is 30.3 Å². The first-order valence-corrected chi connectivity index (χ1v) is 9.45. The number of nitrogens with zero attached hydrogens (tertiary/aromatic N) is 4. The predicted molar refractivity (Wildman–Crippen MR) is 105 cm³/mol. The number of para-hydroxylation sites is 2. The van der Waals surface area contributed by atoms with Gasteiger partial charge in [-0.2, -0.15) is 5.26 Å². The van der Waals surface area contributed by atoms with Gasteiger partial charge in [0, 0.05) is 6.54 Å². The number of fused-ring (bicyclic) bond motifs is 1. The quantitative estimate of drug-likeness (QED) is 0.244. The summed E-state index contributed by atoms with van der Waals surface area (Å²) in [6.45, 7) is 6.04. The third kappa shape index (κ3) is 3.87. The van der Waals surface area contributed by atoms with Crippen LogP contribution in [-0.4, -0.2) is 37.1 Å². The molecule has 0 aliphatic carbocycles. The molecule has 0 saturated heterocycles. The van der Waals surface area contributed by atoms with Gasteiger partial charge in [-0.15, -0.1) is 16.8 Å². The number of imidazole rings is 1. The molecule has 3 aromatic rings. The van der Waals surface area contributed by atoms with Crippen LogP contribution in [-0.2, 0) is 0 Å². The molecule has 1 aromatic carbocycles. The van der Waals surface area contributed by atoms with Gasteiger partial charge < -0.3 is 15.4 Å². The Bertz CT molecular complexity index is 967. The Morgan fingerprint density at radius 2 is 2.31 bits per heavy atom. The SMILES string of the molecule is C=CCNc1nnc(S[C@H](C)/C(O)=C(\C#N)c2nc3ccccc3[nH]2)s1. The highest BCUT2D eigenvalue weighted by molar-refractivity contribution is 8.01. The van der Waals surface area contributed by atoms with Crippen LogP contribution < -0.4 is 5.32 Å². The summed E-state index contributed by atoms with van der Waals surface area (Å²) in [7, 11) is 0. The minimum Gasteiger partial charge on any atom is -0.510 e. The average molecular weight is 384 g/mol. The fourth-order valence-corrected chi connectivity index (χ4v) is 4.17. The molecule has 0 saturated carbocycles. The molecule has 0 fully saturated rings. The smallest absolute Gasteiger partial charge is 0.206 e. The average Bonchev–Trinajstić information content (AvgIpc) is 3.26. The topological polar surface area (TPSA) is 111 Å². The van der Waals surface area contributed by atoms with Crippen LogP contribution in [0.3, 0.4) is 0 Å². The maximum absolute atomic E-state index is 10.6. The fraction of sp³-hybridized carbons (Fsp3) is 0.176. The number of nitriles is 1. The Morgan fingerprint density at radius 3 is 3.04 bits per heavy atom. The van der Waals surface area contributed by atoms with Gasteiger partial charge in [0.1, 0.15) is 17.4 Å². The number of H-pyrrole nitrogens is 1. The van der Waals surface area contributed by atoms with Gasteiger partial charge in [0.2, 0.25) is 5.13 Å². The van der Waals surface area contributed by atoms with Crippen molar-refractivity contribution in [1.29, 1.82) is 5.26 Å². The molecule has 0 unspecified atom stereocenters. The van der Waals surface area contributed by atoms with Crippen molar-refractivity contribution in [3.05, 3.63) is 48.5 Å². The van der Waals surface area contributed by atoms with Gasteiger partial charge in [-0.25, -0.2) is 4.98 Å². The van der Waals surface area contributed by atoms with Crippen LogP contribution in [0.5, 0.6) is 0 Å². The molecule has 2 aromatic heterocycles. The first-order chi connectivity index (χ1) is 12.6. The largest absolute Gasteiger partial charge is 0.510 e. The Labute approximate surface area is 158 Å². The number of hydrogen-bond donors (Lipinski definition) is 3. The highest BCUT2D eigenvalue weighted by atomic mass is 32.2. The maximum atomic E-state index is 10.6. The molecule has 0 amide bonds. The first kappa shape index (κ1) is 18.0. The van der Waals surface area contributed by atoms with Crippen molar-refractivity contribution in [1.82, 2.24) is 20.2 Å². The predicted octanol–water partition coefficient (Wildman–Crippen LogP) is 3.99. The van der Waals surface area contributed by atoms with Crippen molar-refractivity contribution >= 4 is 44.8 Å². The maximum Gasteiger partial charge on any atom is 0.206 e. The highest BCUT2D eigenvalue weighted by Gasteiger charge is 2.20. The van der Waals surface area contributed by atoms with Gasteiger partial charge in [-0.05, 0) is 19.1 Å². The monoisotopic (exact) mass is 384 g/mol. The fourth-order valence-electron chi connectivity index (χ4n) is 2.20. The number of nitrogens with one attached hydrogen (secondary N) is 2. The molecular formula is C17H16N6OS2. The number of rotatable bonds is 7. The lowest BCUT2D eigenvalue weighted by atomic mass is 10.2. The number of hydrogen-bond acceptors (Lipinski definition) is 8. The second-order valence-corrected chi connectivity index (χ2v) is 7.84. The normalized spacial score (nSPS) is 13.1. The lowest BCUT2D eigenvalue weighted by Gasteiger charge is -2.09. The third-order valence-electron chi connectivity index (χ3n) is 3.46. The van der Waals surface area contributed by atoms with Crippen LogP contribution in [0, 0.1) is 11.3 Å². The summed E-state index contributed by atoms with van der Waals surface area (Å²) in [6.07, 6.45) is 1.73. The van der Waals surface area contributed by atoms with Gasteiger partial charge in [-0.3, -0.25) is 0 Å². The van der Waals surface area contributed by atoms with E-state index in [2.05, 4.69) is 32.1 Å². The molecule has 1 atom stereocenters. The second-order valence-electron chi connectivity index (χ2n) is 5.28. The van der Waals surface area contributed by atoms with Crippen molar-refractivity contribution in [2.75, 3.05) is 11.9 Å². The minimum atomic E-state index is -0.377. The molecule has 7 nitrogen and oxygen atoms in total. The van der Waals surface area contributed by atoms with E-state index in [9.17, 15) is 10.4 Å². The zero-order valence-corrected chi connectivity index (χ0v) is 15.6. The van der Waals surface area contributed by atoms with E-state index in [0.29, 0.717) is 21.8 Å². The number of anilines is 1. The Hall–Kier alpha value is -2.83. The summed E-state index contributed by atoms with van der Waals surface area (Å²) < 4.78 is 0.692. The lowest BCUT2D eigenvalue weighted by Crippen LogP contribution is -2.04. The van der Waals surface area contributed by atoms with Crippen LogP contribution in [0.2, 0.25) is 0 Å². The van der Waals surface area contributed by atoms with Gasteiger partial charge in [-0.1, -0.05) is 41.3 Å². The first-order valence-electron chi connectivity index (χ1n) is 7.75. The number of thioether (sulfide) groups is 1. The van der Waals surface area contributed by atoms with Crippen LogP contribution in [0.15, 0.2) is 47.0 Å². The number of allylic oxidation sites excluding steroid dienone is 1. The highest BCUT2D eigenvalue weighted by Crippen LogP contribution is 2.33. The van der Waals surface area contributed by atoms with E-state index in [4.69, 9.17) is 0 Å². The van der Waals surface area contributed by atoms with Crippen molar-refractivity contribution < 1.29 is 5.11 Å². The van der Waals surface area contributed by atoms with E-state index < -0.39 is 0 Å². The Kier molecular flexibility index (Phi) is 5.55. The van der Waals surface area contributed by atoms with E-state index in [-0.39, 0.29) is 16.6 Å². The summed E-state index contributed by atoms with van der Waals surface area (Å²) in [5.41, 5.74) is 1.67. The van der Waals surface area contributed by atoms with E-state index in [1.165, 1.54) is 23.1 Å². The molecule has 0 radical (unpaired) electrons. The molecule has 3 rings (SSSR count). The van der Waals surface area contributed by atoms with Crippen molar-refractivity contribution in [2.24, 2.45) is 0 Å². The second kappa shape index (κ2) is 8.03. The zero-order valence-electron chi connectivity index (χ0n) is 13.9. The zero-order chi connectivity index (χ0) is 18.5. The molecule has 0 aliphatic rings. The van der Waals surface area contributed by atoms with E-state index in [0.717, 1.165) is 11.0 Å². The molecule has 26 heavy (non-hydrogen) atoms. The number of aliphatic hydroxyl groups is 1. The third-order valence-corrected chi connectivity index (χ3v) is 5.54. The molecule has 2 heterocycles. The van der Waals surface area contributed by atoms with Crippen molar-refractivity contribution in [2.45, 2.75) is 16.5 Å². The molecule has 0 spiro atoms. The van der Waals surface area contributed by atoms with Crippen LogP contribution in [0.25, 0.3) is 16.6 Å². The summed E-state index contributed by atoms with van der Waals surface area (Å²) in [5, 5.41) is 31.6. The Balaban J connectivity index is 1.81. The van der Waals surface area contributed by atoms with Gasteiger partial charge >= 0.3 is 0 Å².